The fraction of sp³-hybridized carbons (Fsp3) is 0.235. The molecule has 0 radical (unpaired) electrons. The Kier molecular flexibility index (Phi) is 5.37. The van der Waals surface area contributed by atoms with Gasteiger partial charge in [0, 0.05) is 0 Å². The number of para-hydroxylation sites is 2. The van der Waals surface area contributed by atoms with Crippen molar-refractivity contribution in [1.82, 2.24) is 4.98 Å². The minimum atomic E-state index is -4.33. The van der Waals surface area contributed by atoms with Crippen LogP contribution in [-0.2, 0) is 14.7 Å². The molecule has 3 atom stereocenters. The molecule has 3 aromatic rings. The fourth-order valence-electron chi connectivity index (χ4n) is 2.78. The van der Waals surface area contributed by atoms with Crippen molar-refractivity contribution in [2.75, 3.05) is 0 Å². The van der Waals surface area contributed by atoms with Gasteiger partial charge in [-0.15, -0.1) is 0 Å². The summed E-state index contributed by atoms with van der Waals surface area (Å²) in [5, 5.41) is 0. The minimum Gasteiger partial charge on any atom is -0.440 e. The zero-order valence-electron chi connectivity index (χ0n) is 13.3. The number of hydrogen-bond acceptors (Lipinski definition) is 5. The second kappa shape index (κ2) is 7.52. The lowest BCUT2D eigenvalue weighted by Crippen LogP contribution is -2.15. The molecule has 1 N–H and O–H groups in total. The van der Waals surface area contributed by atoms with E-state index in [-0.39, 0.29) is 12.3 Å². The first-order valence-electron chi connectivity index (χ1n) is 7.81. The van der Waals surface area contributed by atoms with Crippen molar-refractivity contribution >= 4 is 29.7 Å². The Balaban J connectivity index is 1.94. The quantitative estimate of drug-likeness (QED) is 0.496. The summed E-state index contributed by atoms with van der Waals surface area (Å²) in [5.74, 6) is 0.186. The van der Waals surface area contributed by atoms with Crippen LogP contribution in [0.25, 0.3) is 11.1 Å². The van der Waals surface area contributed by atoms with E-state index in [1.165, 1.54) is 0 Å². The summed E-state index contributed by atoms with van der Waals surface area (Å²) in [6.45, 7) is 0. The van der Waals surface area contributed by atoms with Crippen LogP contribution in [0.1, 0.15) is 30.2 Å². The maximum Gasteiger partial charge on any atom is 0.274 e. The van der Waals surface area contributed by atoms with Gasteiger partial charge in [0.1, 0.15) is 10.5 Å². The molecule has 25 heavy (non-hydrogen) atoms. The molecule has 132 valence electrons. The van der Waals surface area contributed by atoms with Crippen molar-refractivity contribution in [2.24, 2.45) is 0 Å². The summed E-state index contributed by atoms with van der Waals surface area (Å²) in [5.41, 5.74) is 2.29. The number of oxazole rings is 1. The molecule has 0 fully saturated rings. The van der Waals surface area contributed by atoms with Crippen LogP contribution in [0.3, 0.4) is 0 Å². The van der Waals surface area contributed by atoms with Crippen LogP contribution >= 0.6 is 8.46 Å². The number of fused-ring (bicyclic) bond motifs is 1. The molecule has 8 heteroatoms. The number of benzene rings is 2. The smallest absolute Gasteiger partial charge is 0.274 e. The third kappa shape index (κ3) is 4.18. The van der Waals surface area contributed by atoms with Crippen molar-refractivity contribution in [2.45, 2.75) is 23.8 Å². The van der Waals surface area contributed by atoms with Crippen molar-refractivity contribution in [1.29, 1.82) is 0 Å². The Bertz CT molecular complexity index is 938. The van der Waals surface area contributed by atoms with Gasteiger partial charge in [0.25, 0.3) is 10.1 Å². The lowest BCUT2D eigenvalue weighted by atomic mass is 9.94. The summed E-state index contributed by atoms with van der Waals surface area (Å²) in [4.78, 5) is 3.26. The summed E-state index contributed by atoms with van der Waals surface area (Å²) in [7, 11) is -5.96. The third-order valence-corrected chi connectivity index (χ3v) is 7.09. The molecular weight excluding hydrogens is 361 g/mol. The van der Waals surface area contributed by atoms with Crippen LogP contribution < -0.4 is 0 Å². The van der Waals surface area contributed by atoms with Gasteiger partial charge in [-0.3, -0.25) is 4.55 Å². The van der Waals surface area contributed by atoms with E-state index in [1.807, 2.05) is 54.6 Å². The molecule has 0 amide bonds. The molecule has 0 aliphatic heterocycles. The number of hydrogen-bond donors (Lipinski definition) is 1. The Labute approximate surface area is 146 Å². The van der Waals surface area contributed by atoms with E-state index in [0.29, 0.717) is 17.9 Å². The number of nitrogens with zero attached hydrogens (tertiary/aromatic N) is 1. The third-order valence-electron chi connectivity index (χ3n) is 4.08. The van der Waals surface area contributed by atoms with E-state index in [9.17, 15) is 17.5 Å². The largest absolute Gasteiger partial charge is 0.440 e. The van der Waals surface area contributed by atoms with Gasteiger partial charge in [0.2, 0.25) is 5.89 Å². The highest BCUT2D eigenvalue weighted by Crippen LogP contribution is 2.33. The normalized spacial score (nSPS) is 14.9. The molecule has 0 aliphatic carbocycles. The van der Waals surface area contributed by atoms with E-state index in [2.05, 4.69) is 4.98 Å². The second-order valence-electron chi connectivity index (χ2n) is 5.75. The van der Waals surface area contributed by atoms with Crippen molar-refractivity contribution in [3.05, 3.63) is 66.1 Å². The maximum absolute atomic E-state index is 11.3. The molecule has 3 unspecified atom stereocenters. The molecular formula is C17H18NO5PS. The average Bonchev–Trinajstić information content (AvgIpc) is 3.02. The molecule has 2 aromatic carbocycles. The topological polar surface area (TPSA) is 97.5 Å². The molecule has 0 saturated heterocycles. The van der Waals surface area contributed by atoms with Gasteiger partial charge < -0.3 is 8.98 Å². The highest BCUT2D eigenvalue weighted by molar-refractivity contribution is 7.90. The molecule has 6 nitrogen and oxygen atoms in total. The fourth-order valence-corrected chi connectivity index (χ4v) is 4.10. The molecule has 0 saturated carbocycles. The van der Waals surface area contributed by atoms with Crippen LogP contribution in [0.5, 0.6) is 0 Å². The highest BCUT2D eigenvalue weighted by Gasteiger charge is 2.26. The first-order chi connectivity index (χ1) is 12.0. The summed E-state index contributed by atoms with van der Waals surface area (Å²) in [6.07, 6.45) is 0.409. The summed E-state index contributed by atoms with van der Waals surface area (Å²) < 4.78 is 48.9. The second-order valence-corrected chi connectivity index (χ2v) is 8.95. The summed E-state index contributed by atoms with van der Waals surface area (Å²) in [6, 6.07) is 16.8. The summed E-state index contributed by atoms with van der Waals surface area (Å²) >= 11 is 0. The zero-order chi connectivity index (χ0) is 17.9. The van der Waals surface area contributed by atoms with Gasteiger partial charge in [0.15, 0.2) is 5.58 Å². The van der Waals surface area contributed by atoms with Crippen LogP contribution in [-0.4, -0.2) is 22.9 Å². The molecule has 1 aromatic heterocycles. The lowest BCUT2D eigenvalue weighted by molar-refractivity contribution is 0.459. The highest BCUT2D eigenvalue weighted by atomic mass is 32.2. The molecule has 0 spiro atoms. The van der Waals surface area contributed by atoms with E-state index in [0.717, 1.165) is 11.1 Å². The van der Waals surface area contributed by atoms with Gasteiger partial charge in [-0.25, -0.2) is 4.98 Å². The van der Waals surface area contributed by atoms with Gasteiger partial charge in [-0.05, 0) is 30.5 Å². The van der Waals surface area contributed by atoms with E-state index in [1.54, 1.807) is 0 Å². The maximum atomic E-state index is 11.3. The average molecular weight is 379 g/mol. The number of aromatic nitrogens is 1. The predicted molar refractivity (Wildman–Crippen MR) is 97.3 cm³/mol. The lowest BCUT2D eigenvalue weighted by Gasteiger charge is -2.15. The molecule has 1 heterocycles. The Morgan fingerprint density at radius 3 is 2.36 bits per heavy atom. The van der Waals surface area contributed by atoms with Crippen LogP contribution in [0.4, 0.5) is 0 Å². The Morgan fingerprint density at radius 2 is 1.72 bits per heavy atom. The van der Waals surface area contributed by atoms with Crippen molar-refractivity contribution in [3.8, 4) is 0 Å². The van der Waals surface area contributed by atoms with Crippen LogP contribution in [0.2, 0.25) is 0 Å². The van der Waals surface area contributed by atoms with Crippen LogP contribution in [0, 0.1) is 0 Å². The predicted octanol–water partition coefficient (Wildman–Crippen LogP) is 3.71. The van der Waals surface area contributed by atoms with Gasteiger partial charge in [0.05, 0.1) is 14.4 Å². The Hall–Kier alpha value is -1.95. The van der Waals surface area contributed by atoms with Crippen LogP contribution in [0.15, 0.2) is 59.0 Å². The minimum absolute atomic E-state index is 0.0654. The van der Waals surface area contributed by atoms with Crippen molar-refractivity contribution in [3.63, 3.8) is 0 Å². The van der Waals surface area contributed by atoms with E-state index in [4.69, 9.17) is 4.42 Å². The standard InChI is InChI=1S/C17H18NO5PS/c19-24-16(25(20,21)22)11-10-13(12-6-2-1-3-7-12)17-18-14-8-4-5-9-15(14)23-17/h1-9,13,16H,10-11,24H2,(H,20,21,22). The van der Waals surface area contributed by atoms with Crippen molar-refractivity contribution < 1.29 is 22.0 Å². The van der Waals surface area contributed by atoms with Gasteiger partial charge in [-0.2, -0.15) is 8.42 Å². The molecule has 0 bridgehead atoms. The first-order valence-corrected chi connectivity index (χ1v) is 10.4. The SMILES string of the molecule is O=[PH2]C(CCC(c1ccccc1)c1nc2ccccc2o1)S(=O)(=O)O. The zero-order valence-corrected chi connectivity index (χ0v) is 15.2. The number of rotatable bonds is 7. The first kappa shape index (κ1) is 17.9. The van der Waals surface area contributed by atoms with Gasteiger partial charge in [-0.1, -0.05) is 42.5 Å². The Morgan fingerprint density at radius 1 is 1.04 bits per heavy atom. The molecule has 0 aliphatic rings. The van der Waals surface area contributed by atoms with E-state index < -0.39 is 23.6 Å². The molecule has 3 rings (SSSR count). The van der Waals surface area contributed by atoms with E-state index >= 15 is 0 Å². The monoisotopic (exact) mass is 379 g/mol. The van der Waals surface area contributed by atoms with Gasteiger partial charge >= 0.3 is 0 Å².